The lowest BCUT2D eigenvalue weighted by atomic mass is 9.92. The average Bonchev–Trinajstić information content (AvgIpc) is 2.33. The molecule has 0 saturated carbocycles. The van der Waals surface area contributed by atoms with Gasteiger partial charge in [-0.1, -0.05) is 0 Å². The first-order valence-corrected chi connectivity index (χ1v) is 3.54. The van der Waals surface area contributed by atoms with Crippen LogP contribution in [0.25, 0.3) is 0 Å². The van der Waals surface area contributed by atoms with Crippen LogP contribution in [0.4, 0.5) is 0 Å². The minimum atomic E-state index is 0.652. The zero-order valence-electron chi connectivity index (χ0n) is 5.42. The standard InChI is InChI=1S/C7H11NO/c1-2-9-5-7-4-8-3-6(1)7/h4,6-7H,1-3,5H2. The minimum absolute atomic E-state index is 0.652. The van der Waals surface area contributed by atoms with E-state index >= 15 is 0 Å². The second-order valence-corrected chi connectivity index (χ2v) is 2.80. The van der Waals surface area contributed by atoms with Gasteiger partial charge in [0.05, 0.1) is 6.61 Å². The molecule has 0 spiro atoms. The summed E-state index contributed by atoms with van der Waals surface area (Å²) in [4.78, 5) is 4.22. The highest BCUT2D eigenvalue weighted by molar-refractivity contribution is 5.63. The third-order valence-corrected chi connectivity index (χ3v) is 2.19. The fraction of sp³-hybridized carbons (Fsp3) is 0.857. The molecule has 0 aromatic carbocycles. The lowest BCUT2D eigenvalue weighted by Crippen LogP contribution is -2.26. The van der Waals surface area contributed by atoms with Crippen LogP contribution >= 0.6 is 0 Å². The van der Waals surface area contributed by atoms with E-state index in [2.05, 4.69) is 11.2 Å². The van der Waals surface area contributed by atoms with Gasteiger partial charge < -0.3 is 4.74 Å². The van der Waals surface area contributed by atoms with Crippen molar-refractivity contribution in [3.8, 4) is 0 Å². The topological polar surface area (TPSA) is 21.6 Å². The summed E-state index contributed by atoms with van der Waals surface area (Å²) in [6, 6.07) is 0. The van der Waals surface area contributed by atoms with Crippen LogP contribution in [0.1, 0.15) is 6.42 Å². The Balaban J connectivity index is 2.03. The number of rotatable bonds is 0. The summed E-state index contributed by atoms with van der Waals surface area (Å²) in [5.74, 6) is 1.47. The molecule has 50 valence electrons. The van der Waals surface area contributed by atoms with Gasteiger partial charge in [0.25, 0.3) is 0 Å². The van der Waals surface area contributed by atoms with Crippen molar-refractivity contribution < 1.29 is 4.74 Å². The monoisotopic (exact) mass is 125 g/mol. The van der Waals surface area contributed by atoms with E-state index in [-0.39, 0.29) is 0 Å². The van der Waals surface area contributed by atoms with Crippen LogP contribution < -0.4 is 0 Å². The van der Waals surface area contributed by atoms with Crippen molar-refractivity contribution in [1.29, 1.82) is 0 Å². The van der Waals surface area contributed by atoms with Gasteiger partial charge in [-0.05, 0) is 12.3 Å². The summed E-state index contributed by atoms with van der Waals surface area (Å²) in [5, 5.41) is 0. The molecule has 2 aliphatic rings. The molecule has 2 rings (SSSR count). The van der Waals surface area contributed by atoms with Crippen LogP contribution in [0.3, 0.4) is 0 Å². The van der Waals surface area contributed by atoms with Crippen LogP contribution in [-0.4, -0.2) is 26.0 Å². The van der Waals surface area contributed by atoms with Gasteiger partial charge in [0.15, 0.2) is 0 Å². The maximum atomic E-state index is 5.29. The predicted octanol–water partition coefficient (Wildman–Crippen LogP) is 0.724. The lowest BCUT2D eigenvalue weighted by molar-refractivity contribution is 0.0515. The molecule has 2 heteroatoms. The molecule has 0 aliphatic carbocycles. The number of hydrogen-bond acceptors (Lipinski definition) is 2. The summed E-state index contributed by atoms with van der Waals surface area (Å²) >= 11 is 0. The van der Waals surface area contributed by atoms with Crippen molar-refractivity contribution in [3.63, 3.8) is 0 Å². The van der Waals surface area contributed by atoms with Gasteiger partial charge >= 0.3 is 0 Å². The molecule has 0 N–H and O–H groups in total. The van der Waals surface area contributed by atoms with Gasteiger partial charge in [-0.25, -0.2) is 0 Å². The molecule has 2 aliphatic heterocycles. The summed E-state index contributed by atoms with van der Waals surface area (Å²) < 4.78 is 5.29. The third-order valence-electron chi connectivity index (χ3n) is 2.19. The fourth-order valence-electron chi connectivity index (χ4n) is 1.53. The Morgan fingerprint density at radius 1 is 1.56 bits per heavy atom. The van der Waals surface area contributed by atoms with Gasteiger partial charge in [0.2, 0.25) is 0 Å². The van der Waals surface area contributed by atoms with Gasteiger partial charge in [-0.15, -0.1) is 0 Å². The number of nitrogens with zero attached hydrogens (tertiary/aromatic N) is 1. The van der Waals surface area contributed by atoms with Crippen molar-refractivity contribution >= 4 is 6.21 Å². The van der Waals surface area contributed by atoms with Gasteiger partial charge in [0, 0.05) is 25.3 Å². The van der Waals surface area contributed by atoms with Gasteiger partial charge in [0.1, 0.15) is 0 Å². The molecule has 0 radical (unpaired) electrons. The molecule has 2 heterocycles. The zero-order valence-corrected chi connectivity index (χ0v) is 5.42. The van der Waals surface area contributed by atoms with E-state index in [4.69, 9.17) is 4.74 Å². The molecule has 0 bridgehead atoms. The van der Waals surface area contributed by atoms with Crippen LogP contribution in [0.5, 0.6) is 0 Å². The Kier molecular flexibility index (Phi) is 1.27. The van der Waals surface area contributed by atoms with E-state index in [0.717, 1.165) is 25.7 Å². The number of fused-ring (bicyclic) bond motifs is 1. The van der Waals surface area contributed by atoms with E-state index in [1.165, 1.54) is 6.42 Å². The maximum Gasteiger partial charge on any atom is 0.0547 e. The zero-order chi connectivity index (χ0) is 6.10. The predicted molar refractivity (Wildman–Crippen MR) is 35.8 cm³/mol. The van der Waals surface area contributed by atoms with Gasteiger partial charge in [-0.2, -0.15) is 0 Å². The normalized spacial score (nSPS) is 40.9. The summed E-state index contributed by atoms with van der Waals surface area (Å²) in [6.45, 7) is 2.91. The molecular weight excluding hydrogens is 114 g/mol. The summed E-state index contributed by atoms with van der Waals surface area (Å²) in [7, 11) is 0. The van der Waals surface area contributed by atoms with Crippen molar-refractivity contribution in [2.75, 3.05) is 19.8 Å². The average molecular weight is 125 g/mol. The smallest absolute Gasteiger partial charge is 0.0547 e. The van der Waals surface area contributed by atoms with E-state index in [1.807, 2.05) is 0 Å². The minimum Gasteiger partial charge on any atom is -0.381 e. The van der Waals surface area contributed by atoms with Crippen molar-refractivity contribution in [3.05, 3.63) is 0 Å². The molecule has 9 heavy (non-hydrogen) atoms. The quantitative estimate of drug-likeness (QED) is 0.467. The lowest BCUT2D eigenvalue weighted by Gasteiger charge is -2.22. The van der Waals surface area contributed by atoms with E-state index < -0.39 is 0 Å². The molecule has 1 saturated heterocycles. The number of ether oxygens (including phenoxy) is 1. The van der Waals surface area contributed by atoms with E-state index in [0.29, 0.717) is 5.92 Å². The molecule has 0 aromatic rings. The molecule has 0 aromatic heterocycles. The highest BCUT2D eigenvalue weighted by Gasteiger charge is 2.26. The molecule has 2 nitrogen and oxygen atoms in total. The fourth-order valence-corrected chi connectivity index (χ4v) is 1.53. The molecule has 2 unspecified atom stereocenters. The van der Waals surface area contributed by atoms with Crippen LogP contribution in [0.15, 0.2) is 4.99 Å². The first-order valence-electron chi connectivity index (χ1n) is 3.54. The highest BCUT2D eigenvalue weighted by atomic mass is 16.5. The maximum absolute atomic E-state index is 5.29. The Bertz CT molecular complexity index is 133. The summed E-state index contributed by atoms with van der Waals surface area (Å²) in [5.41, 5.74) is 0. The van der Waals surface area contributed by atoms with Gasteiger partial charge in [-0.3, -0.25) is 4.99 Å². The number of aliphatic imine (C=N–C) groups is 1. The largest absolute Gasteiger partial charge is 0.381 e. The molecule has 0 amide bonds. The SMILES string of the molecule is C1=NCC2CCOCC12. The molecular formula is C7H11NO. The van der Waals surface area contributed by atoms with Crippen molar-refractivity contribution in [1.82, 2.24) is 0 Å². The first kappa shape index (κ1) is 5.42. The van der Waals surface area contributed by atoms with Crippen molar-refractivity contribution in [2.24, 2.45) is 16.8 Å². The highest BCUT2D eigenvalue weighted by Crippen LogP contribution is 2.24. The van der Waals surface area contributed by atoms with Crippen LogP contribution in [0, 0.1) is 11.8 Å². The van der Waals surface area contributed by atoms with Crippen molar-refractivity contribution in [2.45, 2.75) is 6.42 Å². The van der Waals surface area contributed by atoms with Crippen LogP contribution in [-0.2, 0) is 4.74 Å². The first-order chi connectivity index (χ1) is 4.47. The second-order valence-electron chi connectivity index (χ2n) is 2.80. The van der Waals surface area contributed by atoms with Crippen LogP contribution in [0.2, 0.25) is 0 Å². The number of hydrogen-bond donors (Lipinski definition) is 0. The Morgan fingerprint density at radius 2 is 2.56 bits per heavy atom. The van der Waals surface area contributed by atoms with E-state index in [1.54, 1.807) is 0 Å². The Hall–Kier alpha value is -0.370. The van der Waals surface area contributed by atoms with E-state index in [9.17, 15) is 0 Å². The molecule has 2 atom stereocenters. The molecule has 1 fully saturated rings. The third kappa shape index (κ3) is 0.874. The summed E-state index contributed by atoms with van der Waals surface area (Å²) in [6.07, 6.45) is 3.27. The second kappa shape index (κ2) is 2.10. The Morgan fingerprint density at radius 3 is 3.44 bits per heavy atom. The Labute approximate surface area is 54.9 Å².